The lowest BCUT2D eigenvalue weighted by Gasteiger charge is -2.46. The Labute approximate surface area is 161 Å². The van der Waals surface area contributed by atoms with Crippen molar-refractivity contribution in [3.63, 3.8) is 0 Å². The number of methoxy groups -OCH3 is 2. The largest absolute Gasteiger partial charge is 0.493 e. The number of anilines is 1. The van der Waals surface area contributed by atoms with Crippen molar-refractivity contribution < 1.29 is 9.47 Å². The summed E-state index contributed by atoms with van der Waals surface area (Å²) in [5.41, 5.74) is 5.33. The minimum atomic E-state index is 0.251. The molecule has 0 aromatic heterocycles. The summed E-state index contributed by atoms with van der Waals surface area (Å²) in [5.74, 6) is 1.65. The summed E-state index contributed by atoms with van der Waals surface area (Å²) in [5, 5.41) is 3.72. The molecule has 1 fully saturated rings. The highest BCUT2D eigenvalue weighted by Crippen LogP contribution is 2.43. The first-order chi connectivity index (χ1) is 13.1. The summed E-state index contributed by atoms with van der Waals surface area (Å²) in [6.07, 6.45) is 2.38. The zero-order valence-electron chi connectivity index (χ0n) is 16.7. The van der Waals surface area contributed by atoms with Crippen LogP contribution in [0.5, 0.6) is 11.5 Å². The van der Waals surface area contributed by atoms with Crippen molar-refractivity contribution in [1.29, 1.82) is 0 Å². The second-order valence-corrected chi connectivity index (χ2v) is 7.54. The topological polar surface area (TPSA) is 37.0 Å². The number of nitrogens with one attached hydrogen (secondary N) is 1. The summed E-state index contributed by atoms with van der Waals surface area (Å²) >= 11 is 0. The van der Waals surface area contributed by atoms with Crippen LogP contribution in [0.2, 0.25) is 0 Å². The number of nitrogens with zero attached hydrogens (tertiary/aromatic N) is 2. The van der Waals surface area contributed by atoms with Crippen molar-refractivity contribution in [2.24, 2.45) is 0 Å². The third-order valence-electron chi connectivity index (χ3n) is 5.86. The van der Waals surface area contributed by atoms with E-state index in [0.29, 0.717) is 6.04 Å². The fourth-order valence-electron chi connectivity index (χ4n) is 4.42. The Morgan fingerprint density at radius 3 is 2.41 bits per heavy atom. The lowest BCUT2D eigenvalue weighted by Crippen LogP contribution is -2.49. The molecule has 2 aliphatic heterocycles. The first-order valence-electron chi connectivity index (χ1n) is 9.63. The van der Waals surface area contributed by atoms with Crippen LogP contribution in [-0.4, -0.2) is 46.3 Å². The van der Waals surface area contributed by atoms with Gasteiger partial charge in [0.2, 0.25) is 0 Å². The standard InChI is InChI=1S/C22H29N3O2/c1-24(2)17-7-5-15(6-8-17)22-23-11-9-19-18-14-21(27-4)20(26-3)13-16(18)10-12-25(19)22/h5-8,13-14,19,22-23H,9-12H2,1-4H3/t19-,22+/m1/s1. The maximum absolute atomic E-state index is 5.57. The van der Waals surface area contributed by atoms with E-state index in [9.17, 15) is 0 Å². The Morgan fingerprint density at radius 1 is 1.04 bits per heavy atom. The molecule has 144 valence electrons. The van der Waals surface area contributed by atoms with Crippen LogP contribution in [-0.2, 0) is 6.42 Å². The van der Waals surface area contributed by atoms with Crippen molar-refractivity contribution in [2.75, 3.05) is 46.3 Å². The molecule has 0 saturated carbocycles. The van der Waals surface area contributed by atoms with Crippen LogP contribution in [0.3, 0.4) is 0 Å². The predicted octanol–water partition coefficient (Wildman–Crippen LogP) is 3.36. The van der Waals surface area contributed by atoms with Crippen LogP contribution < -0.4 is 19.7 Å². The summed E-state index contributed by atoms with van der Waals surface area (Å²) < 4.78 is 11.1. The van der Waals surface area contributed by atoms with Gasteiger partial charge in [0.25, 0.3) is 0 Å². The van der Waals surface area contributed by atoms with E-state index in [1.54, 1.807) is 14.2 Å². The fourth-order valence-corrected chi connectivity index (χ4v) is 4.42. The van der Waals surface area contributed by atoms with Crippen molar-refractivity contribution >= 4 is 5.69 Å². The third-order valence-corrected chi connectivity index (χ3v) is 5.86. The molecule has 2 aromatic carbocycles. The molecule has 0 unspecified atom stereocenters. The van der Waals surface area contributed by atoms with Crippen molar-refractivity contribution in [3.8, 4) is 11.5 Å². The lowest BCUT2D eigenvalue weighted by molar-refractivity contribution is 0.0604. The third kappa shape index (κ3) is 3.26. The Bertz CT molecular complexity index is 804. The van der Waals surface area contributed by atoms with Crippen LogP contribution in [0.25, 0.3) is 0 Å². The fraction of sp³-hybridized carbons (Fsp3) is 0.455. The number of hydrogen-bond donors (Lipinski definition) is 1. The van der Waals surface area contributed by atoms with Gasteiger partial charge in [-0.15, -0.1) is 0 Å². The van der Waals surface area contributed by atoms with Crippen LogP contribution in [0, 0.1) is 0 Å². The van der Waals surface area contributed by atoms with Gasteiger partial charge in [-0.1, -0.05) is 12.1 Å². The minimum Gasteiger partial charge on any atom is -0.493 e. The van der Waals surface area contributed by atoms with Gasteiger partial charge >= 0.3 is 0 Å². The Kier molecular flexibility index (Phi) is 4.98. The molecule has 0 amide bonds. The summed E-state index contributed by atoms with van der Waals surface area (Å²) in [4.78, 5) is 4.74. The molecule has 2 atom stereocenters. The van der Waals surface area contributed by atoms with Crippen molar-refractivity contribution in [2.45, 2.75) is 25.0 Å². The zero-order chi connectivity index (χ0) is 19.0. The van der Waals surface area contributed by atoms with Gasteiger partial charge in [0.1, 0.15) is 0 Å². The van der Waals surface area contributed by atoms with E-state index in [-0.39, 0.29) is 6.17 Å². The lowest BCUT2D eigenvalue weighted by atomic mass is 9.87. The van der Waals surface area contributed by atoms with Crippen LogP contribution >= 0.6 is 0 Å². The summed E-state index contributed by atoms with van der Waals surface area (Å²) in [7, 11) is 7.57. The molecule has 27 heavy (non-hydrogen) atoms. The average molecular weight is 367 g/mol. The number of rotatable bonds is 4. The van der Waals surface area contributed by atoms with E-state index >= 15 is 0 Å². The van der Waals surface area contributed by atoms with E-state index in [4.69, 9.17) is 9.47 Å². The molecule has 1 saturated heterocycles. The molecule has 0 bridgehead atoms. The van der Waals surface area contributed by atoms with Gasteiger partial charge in [-0.2, -0.15) is 0 Å². The molecule has 2 aliphatic rings. The molecule has 0 spiro atoms. The van der Waals surface area contributed by atoms with Gasteiger partial charge in [-0.3, -0.25) is 10.2 Å². The van der Waals surface area contributed by atoms with Crippen LogP contribution in [0.15, 0.2) is 36.4 Å². The highest BCUT2D eigenvalue weighted by atomic mass is 16.5. The number of hydrogen-bond acceptors (Lipinski definition) is 5. The molecule has 0 aliphatic carbocycles. The van der Waals surface area contributed by atoms with Crippen molar-refractivity contribution in [3.05, 3.63) is 53.1 Å². The predicted molar refractivity (Wildman–Crippen MR) is 109 cm³/mol. The number of fused-ring (bicyclic) bond motifs is 3. The Hall–Kier alpha value is -2.24. The van der Waals surface area contributed by atoms with E-state index in [1.807, 2.05) is 0 Å². The molecular formula is C22H29N3O2. The average Bonchev–Trinajstić information content (AvgIpc) is 2.72. The van der Waals surface area contributed by atoms with E-state index in [2.05, 4.69) is 65.6 Å². The second kappa shape index (κ2) is 7.41. The molecule has 5 nitrogen and oxygen atoms in total. The molecule has 2 heterocycles. The van der Waals surface area contributed by atoms with Gasteiger partial charge in [-0.05, 0) is 60.3 Å². The number of ether oxygens (including phenoxy) is 2. The van der Waals surface area contributed by atoms with Gasteiger partial charge < -0.3 is 14.4 Å². The smallest absolute Gasteiger partial charge is 0.161 e. The SMILES string of the molecule is COc1cc2c(cc1OC)[C@H]1CCN[C@H](c3ccc(N(C)C)cc3)N1CC2. The van der Waals surface area contributed by atoms with Crippen LogP contribution in [0.1, 0.15) is 35.3 Å². The van der Waals surface area contributed by atoms with Gasteiger partial charge in [-0.25, -0.2) is 0 Å². The molecule has 1 N–H and O–H groups in total. The monoisotopic (exact) mass is 367 g/mol. The van der Waals surface area contributed by atoms with Gasteiger partial charge in [0, 0.05) is 32.4 Å². The molecule has 2 aromatic rings. The van der Waals surface area contributed by atoms with Crippen molar-refractivity contribution in [1.82, 2.24) is 10.2 Å². The van der Waals surface area contributed by atoms with Gasteiger partial charge in [0.05, 0.1) is 20.4 Å². The normalized spacial score (nSPS) is 21.9. The minimum absolute atomic E-state index is 0.251. The highest BCUT2D eigenvalue weighted by Gasteiger charge is 2.36. The molecular weight excluding hydrogens is 338 g/mol. The van der Waals surface area contributed by atoms with E-state index in [0.717, 1.165) is 37.4 Å². The molecule has 5 heteroatoms. The van der Waals surface area contributed by atoms with Gasteiger partial charge in [0.15, 0.2) is 11.5 Å². The number of benzene rings is 2. The maximum atomic E-state index is 5.57. The van der Waals surface area contributed by atoms with E-state index in [1.165, 1.54) is 22.4 Å². The summed E-state index contributed by atoms with van der Waals surface area (Å²) in [6, 6.07) is 13.7. The zero-order valence-corrected chi connectivity index (χ0v) is 16.7. The first-order valence-corrected chi connectivity index (χ1v) is 9.63. The molecule has 4 rings (SSSR count). The summed E-state index contributed by atoms with van der Waals surface area (Å²) in [6.45, 7) is 2.05. The second-order valence-electron chi connectivity index (χ2n) is 7.54. The Morgan fingerprint density at radius 2 is 1.74 bits per heavy atom. The highest BCUT2D eigenvalue weighted by molar-refractivity contribution is 5.50. The Balaban J connectivity index is 1.65. The maximum Gasteiger partial charge on any atom is 0.161 e. The van der Waals surface area contributed by atoms with E-state index < -0.39 is 0 Å². The van der Waals surface area contributed by atoms with Crippen LogP contribution in [0.4, 0.5) is 5.69 Å². The first kappa shape index (κ1) is 18.1. The molecule has 0 radical (unpaired) electrons. The quantitative estimate of drug-likeness (QED) is 0.897.